The number of hydrogen-bond acceptors (Lipinski definition) is 7. The summed E-state index contributed by atoms with van der Waals surface area (Å²) in [5.74, 6) is -2.55. The van der Waals surface area contributed by atoms with Crippen LogP contribution in [0.5, 0.6) is 34.5 Å². The molecule has 7 N–H and O–H groups in total. The number of aliphatic hydroxyl groups excluding tert-OH is 1. The van der Waals surface area contributed by atoms with E-state index in [0.29, 0.717) is 11.7 Å². The molecule has 0 aliphatic rings. The number of benzene rings is 5. The van der Waals surface area contributed by atoms with Gasteiger partial charge in [-0.2, -0.15) is 0 Å². The molecule has 0 unspecified atom stereocenters. The van der Waals surface area contributed by atoms with Crippen LogP contribution in [0.15, 0.2) is 115 Å². The van der Waals surface area contributed by atoms with Crippen LogP contribution in [0.25, 0.3) is 0 Å². The Bertz CT molecular complexity index is 1470. The molecule has 5 rings (SSSR count). The maximum Gasteiger partial charge on any atom is 0.200 e. The smallest absolute Gasteiger partial charge is 0.200 e. The highest BCUT2D eigenvalue weighted by molar-refractivity contribution is 7.95. The van der Waals surface area contributed by atoms with Gasteiger partial charge in [0.2, 0.25) is 11.5 Å². The van der Waals surface area contributed by atoms with Crippen LogP contribution in [0.2, 0.25) is 0 Å². The van der Waals surface area contributed by atoms with E-state index in [2.05, 4.69) is 36.4 Å². The average molecular weight is 654 g/mol. The van der Waals surface area contributed by atoms with Crippen LogP contribution < -0.4 is 32.9 Å². The van der Waals surface area contributed by atoms with E-state index in [1.54, 1.807) is 6.07 Å². The highest BCUT2D eigenvalue weighted by Gasteiger charge is 2.46. The van der Waals surface area contributed by atoms with Gasteiger partial charge in [-0.3, -0.25) is 0 Å². The summed E-state index contributed by atoms with van der Waals surface area (Å²) >= 11 is 0. The minimum atomic E-state index is -2.19. The van der Waals surface area contributed by atoms with Crippen molar-refractivity contribution in [3.63, 3.8) is 0 Å². The lowest BCUT2D eigenvalue weighted by molar-refractivity contribution is -0.0000144. The number of aromatic hydroxyl groups is 6. The Morgan fingerprint density at radius 3 is 1.12 bits per heavy atom. The molecule has 9 heteroatoms. The number of rotatable bonds is 6. The summed E-state index contributed by atoms with van der Waals surface area (Å²) in [6, 6.07) is 36.6. The van der Waals surface area contributed by atoms with Crippen molar-refractivity contribution in [1.82, 2.24) is 0 Å². The van der Waals surface area contributed by atoms with E-state index in [4.69, 9.17) is 20.4 Å². The third-order valence-corrected chi connectivity index (χ3v) is 10.9. The van der Waals surface area contributed by atoms with Crippen LogP contribution in [0.3, 0.4) is 0 Å². The van der Waals surface area contributed by atoms with Crippen molar-refractivity contribution >= 4 is 23.2 Å². The fraction of sp³-hybridized carbons (Fsp3) is 0.0909. The molecule has 42 heavy (non-hydrogen) atoms. The Balaban J connectivity index is 0.000000404. The van der Waals surface area contributed by atoms with Crippen LogP contribution in [-0.2, 0) is 12.8 Å². The summed E-state index contributed by atoms with van der Waals surface area (Å²) in [6.45, 7) is -0.375. The van der Waals surface area contributed by atoms with Gasteiger partial charge in [-0.15, -0.1) is 0 Å². The van der Waals surface area contributed by atoms with Gasteiger partial charge >= 0.3 is 0 Å². The van der Waals surface area contributed by atoms with Crippen molar-refractivity contribution < 1.29 is 52.7 Å². The summed E-state index contributed by atoms with van der Waals surface area (Å²) in [5.41, 5.74) is 0.783. The van der Waals surface area contributed by atoms with Gasteiger partial charge in [0, 0.05) is 11.1 Å². The van der Waals surface area contributed by atoms with Gasteiger partial charge in [-0.05, 0) is 60.7 Å². The summed E-state index contributed by atoms with van der Waals surface area (Å²) in [6.07, 6.45) is 0.519. The van der Waals surface area contributed by atoms with Gasteiger partial charge in [0.25, 0.3) is 0 Å². The monoisotopic (exact) mass is 652 g/mol. The van der Waals surface area contributed by atoms with Crippen molar-refractivity contribution in [2.45, 2.75) is 20.2 Å². The second kappa shape index (κ2) is 15.1. The predicted molar refractivity (Wildman–Crippen MR) is 164 cm³/mol. The number of halogens is 1. The topological polar surface area (TPSA) is 142 Å². The first-order chi connectivity index (χ1) is 19.3. The minimum Gasteiger partial charge on any atom is -1.00 e. The van der Waals surface area contributed by atoms with E-state index in [9.17, 15) is 15.3 Å². The van der Waals surface area contributed by atoms with E-state index in [-0.39, 0.29) is 48.1 Å². The van der Waals surface area contributed by atoms with Crippen molar-refractivity contribution in [2.75, 3.05) is 0 Å². The number of phenols is 6. The molecule has 0 fully saturated rings. The lowest BCUT2D eigenvalue weighted by Crippen LogP contribution is -3.00. The van der Waals surface area contributed by atoms with Gasteiger partial charge in [-0.25, -0.2) is 0 Å². The molecule has 0 spiro atoms. The molecule has 0 radical (unpaired) electrons. The van der Waals surface area contributed by atoms with E-state index in [1.165, 1.54) is 34.1 Å². The zero-order valence-corrected chi connectivity index (χ0v) is 24.3. The zero-order valence-electron chi connectivity index (χ0n) is 21.8. The molecule has 0 amide bonds. The lowest BCUT2D eigenvalue weighted by Gasteiger charge is -2.28. The van der Waals surface area contributed by atoms with Crippen molar-refractivity contribution in [3.8, 4) is 34.5 Å². The van der Waals surface area contributed by atoms with Gasteiger partial charge in [0.1, 0.15) is 29.3 Å². The van der Waals surface area contributed by atoms with E-state index in [0.717, 1.165) is 0 Å². The molecule has 0 heterocycles. The SMILES string of the molecule is C.OCc1ccc(O)c(O)c1O.Oc1ccc(C[P+](c2ccccc2)(c2ccccc2)c2ccccc2)c(O)c1O.[Br-]. The summed E-state index contributed by atoms with van der Waals surface area (Å²) in [7, 11) is -2.19. The third-order valence-electron chi connectivity index (χ3n) is 6.60. The minimum absolute atomic E-state index is 0. The molecule has 0 saturated carbocycles. The first-order valence-electron chi connectivity index (χ1n) is 12.4. The summed E-state index contributed by atoms with van der Waals surface area (Å²) < 4.78 is 0. The zero-order chi connectivity index (χ0) is 28.7. The summed E-state index contributed by atoms with van der Waals surface area (Å²) in [4.78, 5) is 0. The fourth-order valence-corrected chi connectivity index (χ4v) is 8.75. The predicted octanol–water partition coefficient (Wildman–Crippen LogP) is 2.23. The maximum absolute atomic E-state index is 10.6. The molecule has 5 aromatic rings. The number of phenolic OH excluding ortho intramolecular Hbond substituents is 5. The highest BCUT2D eigenvalue weighted by Crippen LogP contribution is 2.59. The Morgan fingerprint density at radius 2 is 0.762 bits per heavy atom. The fourth-order valence-electron chi connectivity index (χ4n) is 4.50. The van der Waals surface area contributed by atoms with Crippen molar-refractivity contribution in [1.29, 1.82) is 0 Å². The first-order valence-corrected chi connectivity index (χ1v) is 14.4. The Kier molecular flexibility index (Phi) is 12.2. The van der Waals surface area contributed by atoms with E-state index >= 15 is 0 Å². The molecule has 0 aliphatic carbocycles. The highest BCUT2D eigenvalue weighted by atomic mass is 79.9. The van der Waals surface area contributed by atoms with Gasteiger partial charge in [0.05, 0.1) is 6.61 Å². The Morgan fingerprint density at radius 1 is 0.429 bits per heavy atom. The largest absolute Gasteiger partial charge is 1.00 e. The molecule has 0 aliphatic heterocycles. The van der Waals surface area contributed by atoms with Crippen LogP contribution in [0.1, 0.15) is 18.6 Å². The van der Waals surface area contributed by atoms with Gasteiger partial charge in [-0.1, -0.05) is 62.0 Å². The standard InChI is InChI=1S/C25H21O3P.C7H8O4.CH4.BrH/c26-23-17-16-19(24(27)25(23)28)18-29(20-10-4-1-5-11-20,21-12-6-2-7-13-21)22-14-8-3-9-15-22;8-3-4-1-2-5(9)7(11)6(4)10;;/h1-17H,18H2,(H2-,26,27,28);1-2,8-11H,3H2;1H4;1H. The van der Waals surface area contributed by atoms with Crippen LogP contribution in [-0.4, -0.2) is 35.7 Å². The normalized spacial score (nSPS) is 10.4. The maximum atomic E-state index is 10.6. The number of aliphatic hydroxyl groups is 1. The number of hydrogen-bond donors (Lipinski definition) is 7. The van der Waals surface area contributed by atoms with Gasteiger partial charge < -0.3 is 52.7 Å². The molecule has 7 nitrogen and oxygen atoms in total. The molecule has 0 bridgehead atoms. The Labute approximate surface area is 256 Å². The molecule has 0 atom stereocenters. The van der Waals surface area contributed by atoms with Crippen LogP contribution >= 0.6 is 7.26 Å². The molecule has 220 valence electrons. The summed E-state index contributed by atoms with van der Waals surface area (Å²) in [5, 5.41) is 69.4. The van der Waals surface area contributed by atoms with Gasteiger partial charge in [0.15, 0.2) is 23.0 Å². The van der Waals surface area contributed by atoms with E-state index in [1.807, 2.05) is 54.6 Å². The van der Waals surface area contributed by atoms with Crippen molar-refractivity contribution in [3.05, 3.63) is 126 Å². The molecular weight excluding hydrogens is 619 g/mol. The van der Waals surface area contributed by atoms with E-state index < -0.39 is 30.3 Å². The third kappa shape index (κ3) is 6.97. The quantitative estimate of drug-likeness (QED) is 0.110. The second-order valence-corrected chi connectivity index (χ2v) is 12.5. The van der Waals surface area contributed by atoms with Crippen molar-refractivity contribution in [2.24, 2.45) is 0 Å². The lowest BCUT2D eigenvalue weighted by atomic mass is 10.2. The molecule has 5 aromatic carbocycles. The average Bonchev–Trinajstić information content (AvgIpc) is 3.00. The van der Waals surface area contributed by atoms with Crippen LogP contribution in [0, 0.1) is 0 Å². The Hall–Kier alpha value is -4.23. The van der Waals surface area contributed by atoms with Crippen LogP contribution in [0.4, 0.5) is 0 Å². The molecular formula is C33H34BrO7P. The second-order valence-electron chi connectivity index (χ2n) is 9.01. The molecule has 0 saturated heterocycles. The molecule has 0 aromatic heterocycles. The first kappa shape index (κ1) is 34.0.